The first-order valence-electron chi connectivity index (χ1n) is 4.89. The molecule has 0 bridgehead atoms. The Labute approximate surface area is 98.2 Å². The first-order chi connectivity index (χ1) is 7.04. The summed E-state index contributed by atoms with van der Waals surface area (Å²) in [7, 11) is 1.84. The molecule has 1 aromatic heterocycles. The van der Waals surface area contributed by atoms with E-state index in [1.807, 2.05) is 7.05 Å². The van der Waals surface area contributed by atoms with Gasteiger partial charge in [0.2, 0.25) is 0 Å². The molecule has 1 aromatic rings. The summed E-state index contributed by atoms with van der Waals surface area (Å²) in [6, 6.07) is 0.138. The summed E-state index contributed by atoms with van der Waals surface area (Å²) < 4.78 is 1.76. The van der Waals surface area contributed by atoms with Gasteiger partial charge in [0, 0.05) is 24.6 Å². The predicted molar refractivity (Wildman–Crippen MR) is 63.1 cm³/mol. The summed E-state index contributed by atoms with van der Waals surface area (Å²) in [6.45, 7) is 4.15. The standard InChI is InChI=1S/C10H16BrN3O/c1-7(2)8(4-11)13-10(15)9-5-14(3)6-12-9/h5-8H,4H2,1-3H3,(H,13,15). The Morgan fingerprint density at radius 2 is 2.33 bits per heavy atom. The van der Waals surface area contributed by atoms with Crippen molar-refractivity contribution in [2.45, 2.75) is 19.9 Å². The highest BCUT2D eigenvalue weighted by Gasteiger charge is 2.16. The number of carbonyl (C=O) groups is 1. The van der Waals surface area contributed by atoms with Gasteiger partial charge in [0.25, 0.3) is 5.91 Å². The summed E-state index contributed by atoms with van der Waals surface area (Å²) in [4.78, 5) is 15.7. The number of rotatable bonds is 4. The minimum Gasteiger partial charge on any atom is -0.347 e. The van der Waals surface area contributed by atoms with Crippen LogP contribution in [0.3, 0.4) is 0 Å². The molecule has 0 aliphatic rings. The van der Waals surface area contributed by atoms with Crippen LogP contribution in [0, 0.1) is 5.92 Å². The quantitative estimate of drug-likeness (QED) is 0.847. The maximum absolute atomic E-state index is 11.7. The second-order valence-electron chi connectivity index (χ2n) is 3.90. The molecule has 1 heterocycles. The molecule has 4 nitrogen and oxygen atoms in total. The van der Waals surface area contributed by atoms with Gasteiger partial charge in [-0.05, 0) is 5.92 Å². The van der Waals surface area contributed by atoms with E-state index in [1.54, 1.807) is 17.1 Å². The minimum absolute atomic E-state index is 0.117. The van der Waals surface area contributed by atoms with Gasteiger partial charge in [-0.1, -0.05) is 29.8 Å². The fourth-order valence-electron chi connectivity index (χ4n) is 1.16. The van der Waals surface area contributed by atoms with Crippen LogP contribution in [0.2, 0.25) is 0 Å². The van der Waals surface area contributed by atoms with Crippen molar-refractivity contribution < 1.29 is 4.79 Å². The molecular formula is C10H16BrN3O. The number of aromatic nitrogens is 2. The van der Waals surface area contributed by atoms with Gasteiger partial charge in [0.15, 0.2) is 0 Å². The van der Waals surface area contributed by atoms with E-state index in [-0.39, 0.29) is 11.9 Å². The molecule has 0 fully saturated rings. The Balaban J connectivity index is 2.62. The normalized spacial score (nSPS) is 12.9. The number of imidazole rings is 1. The average molecular weight is 274 g/mol. The monoisotopic (exact) mass is 273 g/mol. The molecule has 1 unspecified atom stereocenters. The van der Waals surface area contributed by atoms with Gasteiger partial charge in [-0.25, -0.2) is 4.98 Å². The smallest absolute Gasteiger partial charge is 0.271 e. The van der Waals surface area contributed by atoms with Gasteiger partial charge >= 0.3 is 0 Å². The number of halogens is 1. The number of hydrogen-bond donors (Lipinski definition) is 1. The SMILES string of the molecule is CC(C)C(CBr)NC(=O)c1cn(C)cn1. The van der Waals surface area contributed by atoms with Gasteiger partial charge in [0.05, 0.1) is 6.33 Å². The average Bonchev–Trinajstić information content (AvgIpc) is 2.60. The van der Waals surface area contributed by atoms with Crippen LogP contribution in [0.4, 0.5) is 0 Å². The van der Waals surface area contributed by atoms with E-state index in [1.165, 1.54) is 0 Å². The number of aryl methyl sites for hydroxylation is 1. The van der Waals surface area contributed by atoms with E-state index in [2.05, 4.69) is 40.1 Å². The highest BCUT2D eigenvalue weighted by molar-refractivity contribution is 9.09. The Kier molecular flexibility index (Phi) is 4.32. The Bertz CT molecular complexity index is 335. The second kappa shape index (κ2) is 5.30. The van der Waals surface area contributed by atoms with Crippen molar-refractivity contribution in [1.29, 1.82) is 0 Å². The zero-order valence-corrected chi connectivity index (χ0v) is 10.8. The summed E-state index contributed by atoms with van der Waals surface area (Å²) in [5.41, 5.74) is 0.462. The van der Waals surface area contributed by atoms with Crippen molar-refractivity contribution in [3.05, 3.63) is 18.2 Å². The van der Waals surface area contributed by atoms with Crippen LogP contribution >= 0.6 is 15.9 Å². The Hall–Kier alpha value is -0.840. The number of nitrogens with zero attached hydrogens (tertiary/aromatic N) is 2. The first kappa shape index (κ1) is 12.2. The summed E-state index contributed by atoms with van der Waals surface area (Å²) >= 11 is 3.38. The predicted octanol–water partition coefficient (Wildman–Crippen LogP) is 1.57. The minimum atomic E-state index is -0.117. The molecule has 0 saturated heterocycles. The molecule has 1 atom stereocenters. The van der Waals surface area contributed by atoms with E-state index in [9.17, 15) is 4.79 Å². The Morgan fingerprint density at radius 1 is 1.67 bits per heavy atom. The van der Waals surface area contributed by atoms with Crippen LogP contribution in [-0.4, -0.2) is 26.8 Å². The van der Waals surface area contributed by atoms with Crippen molar-refractivity contribution >= 4 is 21.8 Å². The van der Waals surface area contributed by atoms with Crippen molar-refractivity contribution in [2.24, 2.45) is 13.0 Å². The van der Waals surface area contributed by atoms with Crippen LogP contribution in [0.15, 0.2) is 12.5 Å². The Morgan fingerprint density at radius 3 is 2.73 bits per heavy atom. The van der Waals surface area contributed by atoms with Crippen LogP contribution < -0.4 is 5.32 Å². The number of carbonyl (C=O) groups excluding carboxylic acids is 1. The lowest BCUT2D eigenvalue weighted by Gasteiger charge is -2.19. The lowest BCUT2D eigenvalue weighted by molar-refractivity contribution is 0.0927. The van der Waals surface area contributed by atoms with Gasteiger partial charge in [-0.3, -0.25) is 4.79 Å². The topological polar surface area (TPSA) is 46.9 Å². The third-order valence-electron chi connectivity index (χ3n) is 2.22. The highest BCUT2D eigenvalue weighted by atomic mass is 79.9. The van der Waals surface area contributed by atoms with Crippen molar-refractivity contribution in [1.82, 2.24) is 14.9 Å². The molecule has 1 N–H and O–H groups in total. The number of nitrogens with one attached hydrogen (secondary N) is 1. The second-order valence-corrected chi connectivity index (χ2v) is 4.55. The van der Waals surface area contributed by atoms with Gasteiger partial charge in [-0.2, -0.15) is 0 Å². The van der Waals surface area contributed by atoms with E-state index >= 15 is 0 Å². The van der Waals surface area contributed by atoms with E-state index in [0.717, 1.165) is 5.33 Å². The third kappa shape index (κ3) is 3.34. The van der Waals surface area contributed by atoms with E-state index in [0.29, 0.717) is 11.6 Å². The lowest BCUT2D eigenvalue weighted by atomic mass is 10.1. The molecule has 1 rings (SSSR count). The fraction of sp³-hybridized carbons (Fsp3) is 0.600. The summed E-state index contributed by atoms with van der Waals surface area (Å²) in [6.07, 6.45) is 3.33. The lowest BCUT2D eigenvalue weighted by Crippen LogP contribution is -2.39. The molecule has 0 radical (unpaired) electrons. The van der Waals surface area contributed by atoms with Gasteiger partial charge < -0.3 is 9.88 Å². The zero-order chi connectivity index (χ0) is 11.4. The summed E-state index contributed by atoms with van der Waals surface area (Å²) in [5.74, 6) is 0.283. The highest BCUT2D eigenvalue weighted by Crippen LogP contribution is 2.06. The molecule has 0 saturated carbocycles. The van der Waals surface area contributed by atoms with E-state index < -0.39 is 0 Å². The van der Waals surface area contributed by atoms with Crippen LogP contribution in [0.1, 0.15) is 24.3 Å². The van der Waals surface area contributed by atoms with E-state index in [4.69, 9.17) is 0 Å². The number of hydrogen-bond acceptors (Lipinski definition) is 2. The first-order valence-corrected chi connectivity index (χ1v) is 6.01. The van der Waals surface area contributed by atoms with Crippen LogP contribution in [0.5, 0.6) is 0 Å². The van der Waals surface area contributed by atoms with Crippen LogP contribution in [-0.2, 0) is 7.05 Å². The molecule has 5 heteroatoms. The number of alkyl halides is 1. The fourth-order valence-corrected chi connectivity index (χ4v) is 2.07. The molecular weight excluding hydrogens is 258 g/mol. The maximum Gasteiger partial charge on any atom is 0.271 e. The van der Waals surface area contributed by atoms with Gasteiger partial charge in [-0.15, -0.1) is 0 Å². The number of amides is 1. The van der Waals surface area contributed by atoms with Crippen LogP contribution in [0.25, 0.3) is 0 Å². The largest absolute Gasteiger partial charge is 0.347 e. The summed E-state index contributed by atoms with van der Waals surface area (Å²) in [5, 5.41) is 3.69. The zero-order valence-electron chi connectivity index (χ0n) is 9.20. The molecule has 15 heavy (non-hydrogen) atoms. The molecule has 1 amide bonds. The van der Waals surface area contributed by atoms with Crippen molar-refractivity contribution in [2.75, 3.05) is 5.33 Å². The third-order valence-corrected chi connectivity index (χ3v) is 2.92. The molecule has 0 aromatic carbocycles. The molecule has 0 aliphatic carbocycles. The van der Waals surface area contributed by atoms with Crippen molar-refractivity contribution in [3.63, 3.8) is 0 Å². The molecule has 0 aliphatic heterocycles. The molecule has 0 spiro atoms. The molecule has 84 valence electrons. The van der Waals surface area contributed by atoms with Crippen molar-refractivity contribution in [3.8, 4) is 0 Å². The maximum atomic E-state index is 11.7. The van der Waals surface area contributed by atoms with Gasteiger partial charge in [0.1, 0.15) is 5.69 Å².